The summed E-state index contributed by atoms with van der Waals surface area (Å²) in [5.74, 6) is -0.0824. The van der Waals surface area contributed by atoms with Crippen molar-refractivity contribution in [1.29, 1.82) is 0 Å². The number of nitrogens with one attached hydrogen (secondary N) is 1. The predicted octanol–water partition coefficient (Wildman–Crippen LogP) is 2.40. The number of rotatable bonds is 9. The van der Waals surface area contributed by atoms with E-state index in [0.29, 0.717) is 19.6 Å². The standard InChI is InChI=1S/C22H23NO4/c24-11-9-20-16-5-1-3-7-18(16)21(19-8-4-2-6-17(19)20)15-22(26)23-10-13-27-14-12-25/h1-8,11,25H,9-10,12-15H2,(H,23,26). The second kappa shape index (κ2) is 9.26. The molecule has 0 aliphatic carbocycles. The van der Waals surface area contributed by atoms with Crippen molar-refractivity contribution in [3.8, 4) is 0 Å². The Bertz CT molecular complexity index is 895. The third kappa shape index (κ3) is 4.32. The van der Waals surface area contributed by atoms with E-state index in [0.717, 1.165) is 39.0 Å². The highest BCUT2D eigenvalue weighted by atomic mass is 16.5. The summed E-state index contributed by atoms with van der Waals surface area (Å²) in [6.07, 6.45) is 1.52. The molecule has 1 amide bonds. The van der Waals surface area contributed by atoms with Gasteiger partial charge in [-0.25, -0.2) is 0 Å². The lowest BCUT2D eigenvalue weighted by Gasteiger charge is -2.16. The molecule has 0 fully saturated rings. The van der Waals surface area contributed by atoms with E-state index in [-0.39, 0.29) is 25.5 Å². The average molecular weight is 365 g/mol. The first-order chi connectivity index (χ1) is 13.3. The van der Waals surface area contributed by atoms with Crippen LogP contribution in [0.5, 0.6) is 0 Å². The van der Waals surface area contributed by atoms with E-state index < -0.39 is 0 Å². The quantitative estimate of drug-likeness (QED) is 0.347. The molecule has 0 atom stereocenters. The summed E-state index contributed by atoms with van der Waals surface area (Å²) in [5.41, 5.74) is 1.96. The molecule has 0 aliphatic heterocycles. The van der Waals surface area contributed by atoms with Crippen molar-refractivity contribution < 1.29 is 19.4 Å². The first kappa shape index (κ1) is 19.0. The largest absolute Gasteiger partial charge is 0.394 e. The first-order valence-electron chi connectivity index (χ1n) is 9.06. The molecule has 5 nitrogen and oxygen atoms in total. The van der Waals surface area contributed by atoms with Crippen molar-refractivity contribution >= 4 is 33.7 Å². The van der Waals surface area contributed by atoms with Crippen molar-refractivity contribution in [3.05, 3.63) is 59.7 Å². The van der Waals surface area contributed by atoms with E-state index in [4.69, 9.17) is 9.84 Å². The summed E-state index contributed by atoms with van der Waals surface area (Å²) in [6, 6.07) is 15.8. The SMILES string of the molecule is O=CCc1c2ccccc2c(CC(=O)NCCOCCO)c2ccccc12. The van der Waals surface area contributed by atoms with Gasteiger partial charge in [0.25, 0.3) is 0 Å². The Balaban J connectivity index is 1.95. The van der Waals surface area contributed by atoms with Gasteiger partial charge in [-0.2, -0.15) is 0 Å². The maximum Gasteiger partial charge on any atom is 0.224 e. The minimum Gasteiger partial charge on any atom is -0.394 e. The third-order valence-corrected chi connectivity index (χ3v) is 4.58. The van der Waals surface area contributed by atoms with E-state index in [1.165, 1.54) is 0 Å². The third-order valence-electron chi connectivity index (χ3n) is 4.58. The highest BCUT2D eigenvalue weighted by Crippen LogP contribution is 2.33. The second-order valence-corrected chi connectivity index (χ2v) is 6.28. The lowest BCUT2D eigenvalue weighted by molar-refractivity contribution is -0.120. The van der Waals surface area contributed by atoms with Crippen LogP contribution in [0, 0.1) is 0 Å². The molecule has 0 saturated carbocycles. The number of aldehydes is 1. The molecule has 0 radical (unpaired) electrons. The van der Waals surface area contributed by atoms with E-state index in [1.807, 2.05) is 48.5 Å². The summed E-state index contributed by atoms with van der Waals surface area (Å²) < 4.78 is 5.17. The van der Waals surface area contributed by atoms with Gasteiger partial charge in [0.05, 0.1) is 26.2 Å². The Morgan fingerprint density at radius 1 is 0.926 bits per heavy atom. The molecule has 3 aromatic carbocycles. The molecule has 0 spiro atoms. The number of hydrogen-bond donors (Lipinski definition) is 2. The summed E-state index contributed by atoms with van der Waals surface area (Å²) in [4.78, 5) is 23.7. The van der Waals surface area contributed by atoms with Crippen LogP contribution >= 0.6 is 0 Å². The van der Waals surface area contributed by atoms with Crippen LogP contribution in [0.2, 0.25) is 0 Å². The van der Waals surface area contributed by atoms with Gasteiger partial charge < -0.3 is 20.0 Å². The maximum atomic E-state index is 12.5. The Labute approximate surface area is 157 Å². The summed E-state index contributed by atoms with van der Waals surface area (Å²) in [7, 11) is 0. The number of hydrogen-bond acceptors (Lipinski definition) is 4. The molecule has 0 aliphatic rings. The summed E-state index contributed by atoms with van der Waals surface area (Å²) >= 11 is 0. The summed E-state index contributed by atoms with van der Waals surface area (Å²) in [6.45, 7) is 1.01. The van der Waals surface area contributed by atoms with Crippen LogP contribution in [0.25, 0.3) is 21.5 Å². The van der Waals surface area contributed by atoms with Crippen molar-refractivity contribution in [2.45, 2.75) is 12.8 Å². The Kier molecular flexibility index (Phi) is 6.52. The second-order valence-electron chi connectivity index (χ2n) is 6.28. The van der Waals surface area contributed by atoms with Gasteiger partial charge in [0.1, 0.15) is 6.29 Å². The van der Waals surface area contributed by atoms with E-state index in [9.17, 15) is 9.59 Å². The number of carbonyl (C=O) groups excluding carboxylic acids is 2. The van der Waals surface area contributed by atoms with Gasteiger partial charge in [-0.05, 0) is 32.7 Å². The molecule has 5 heteroatoms. The van der Waals surface area contributed by atoms with Gasteiger partial charge in [0, 0.05) is 13.0 Å². The van der Waals surface area contributed by atoms with Crippen molar-refractivity contribution in [3.63, 3.8) is 0 Å². The van der Waals surface area contributed by atoms with Gasteiger partial charge in [-0.1, -0.05) is 48.5 Å². The minimum absolute atomic E-state index is 0.0287. The smallest absolute Gasteiger partial charge is 0.224 e. The molecule has 2 N–H and O–H groups in total. The fourth-order valence-corrected chi connectivity index (χ4v) is 3.46. The van der Waals surface area contributed by atoms with Crippen LogP contribution in [-0.2, 0) is 27.2 Å². The van der Waals surface area contributed by atoms with Crippen LogP contribution in [0.3, 0.4) is 0 Å². The van der Waals surface area contributed by atoms with Gasteiger partial charge in [0.2, 0.25) is 5.91 Å². The fraction of sp³-hybridized carbons (Fsp3) is 0.273. The molecule has 27 heavy (non-hydrogen) atoms. The summed E-state index contributed by atoms with van der Waals surface area (Å²) in [5, 5.41) is 15.6. The number of aliphatic hydroxyl groups excluding tert-OH is 1. The van der Waals surface area contributed by atoms with E-state index >= 15 is 0 Å². The normalized spacial score (nSPS) is 11.0. The van der Waals surface area contributed by atoms with Crippen molar-refractivity contribution in [1.82, 2.24) is 5.32 Å². The zero-order valence-electron chi connectivity index (χ0n) is 15.1. The molecular formula is C22H23NO4. The van der Waals surface area contributed by atoms with Crippen LogP contribution < -0.4 is 5.32 Å². The maximum absolute atomic E-state index is 12.5. The molecule has 0 bridgehead atoms. The zero-order valence-corrected chi connectivity index (χ0v) is 15.1. The highest BCUT2D eigenvalue weighted by Gasteiger charge is 2.15. The molecule has 0 aromatic heterocycles. The van der Waals surface area contributed by atoms with Crippen molar-refractivity contribution in [2.24, 2.45) is 0 Å². The number of aliphatic hydroxyl groups is 1. The predicted molar refractivity (Wildman–Crippen MR) is 106 cm³/mol. The minimum atomic E-state index is -0.0824. The van der Waals surface area contributed by atoms with Gasteiger partial charge in [-0.15, -0.1) is 0 Å². The van der Waals surface area contributed by atoms with Gasteiger partial charge in [0.15, 0.2) is 0 Å². The van der Waals surface area contributed by atoms with Crippen LogP contribution in [0.15, 0.2) is 48.5 Å². The van der Waals surface area contributed by atoms with Crippen LogP contribution in [0.4, 0.5) is 0 Å². The Hall–Kier alpha value is -2.76. The highest BCUT2D eigenvalue weighted by molar-refractivity contribution is 6.08. The Morgan fingerprint density at radius 3 is 2.00 bits per heavy atom. The molecule has 3 aromatic rings. The van der Waals surface area contributed by atoms with E-state index in [1.54, 1.807) is 0 Å². The number of fused-ring (bicyclic) bond motifs is 2. The Morgan fingerprint density at radius 2 is 1.48 bits per heavy atom. The van der Waals surface area contributed by atoms with Crippen molar-refractivity contribution in [2.75, 3.05) is 26.4 Å². The van der Waals surface area contributed by atoms with Crippen LogP contribution in [-0.4, -0.2) is 43.7 Å². The first-order valence-corrected chi connectivity index (χ1v) is 9.06. The molecule has 0 heterocycles. The number of ether oxygens (including phenoxy) is 1. The fourth-order valence-electron chi connectivity index (χ4n) is 3.46. The van der Waals surface area contributed by atoms with Gasteiger partial charge in [-0.3, -0.25) is 4.79 Å². The molecule has 0 saturated heterocycles. The number of carbonyl (C=O) groups is 2. The number of amides is 1. The average Bonchev–Trinajstić information content (AvgIpc) is 2.70. The molecule has 0 unspecified atom stereocenters. The number of benzene rings is 3. The lowest BCUT2D eigenvalue weighted by atomic mass is 9.89. The topological polar surface area (TPSA) is 75.6 Å². The molecular weight excluding hydrogens is 342 g/mol. The molecule has 140 valence electrons. The lowest BCUT2D eigenvalue weighted by Crippen LogP contribution is -2.29. The monoisotopic (exact) mass is 365 g/mol. The molecule has 3 rings (SSSR count). The van der Waals surface area contributed by atoms with E-state index in [2.05, 4.69) is 5.32 Å². The van der Waals surface area contributed by atoms with Crippen LogP contribution in [0.1, 0.15) is 11.1 Å². The zero-order chi connectivity index (χ0) is 19.1. The van der Waals surface area contributed by atoms with Gasteiger partial charge >= 0.3 is 0 Å².